The number of nitrogens with one attached hydrogen (secondary N) is 1. The van der Waals surface area contributed by atoms with E-state index in [2.05, 4.69) is 14.6 Å². The fourth-order valence-electron chi connectivity index (χ4n) is 7.05. The molecule has 7 rings (SSSR count). The van der Waals surface area contributed by atoms with E-state index in [0.29, 0.717) is 22.3 Å². The topological polar surface area (TPSA) is 200 Å². The highest BCUT2D eigenvalue weighted by molar-refractivity contribution is 7.91. The van der Waals surface area contributed by atoms with Gasteiger partial charge in [-0.2, -0.15) is 26.3 Å². The van der Waals surface area contributed by atoms with E-state index in [1.54, 1.807) is 38.1 Å². The summed E-state index contributed by atoms with van der Waals surface area (Å²) in [6.07, 6.45) is -9.87. The highest BCUT2D eigenvalue weighted by Gasteiger charge is 2.39. The first-order valence-corrected chi connectivity index (χ1v) is 24.9. The van der Waals surface area contributed by atoms with E-state index in [-0.39, 0.29) is 90.7 Å². The Kier molecular flexibility index (Phi) is 16.2. The summed E-state index contributed by atoms with van der Waals surface area (Å²) in [5.74, 6) is -6.81. The van der Waals surface area contributed by atoms with Crippen LogP contribution in [0.15, 0.2) is 89.3 Å². The van der Waals surface area contributed by atoms with E-state index in [9.17, 15) is 71.1 Å². The summed E-state index contributed by atoms with van der Waals surface area (Å²) in [6, 6.07) is 19.1. The minimum atomic E-state index is -5.11. The molecule has 0 spiro atoms. The smallest absolute Gasteiger partial charge is 0.413 e. The van der Waals surface area contributed by atoms with Crippen molar-refractivity contribution in [2.24, 2.45) is 0 Å². The van der Waals surface area contributed by atoms with Crippen molar-refractivity contribution < 1.29 is 75.6 Å². The predicted octanol–water partition coefficient (Wildman–Crippen LogP) is 6.91. The third-order valence-electron chi connectivity index (χ3n) is 11.0. The van der Waals surface area contributed by atoms with Gasteiger partial charge in [-0.3, -0.25) is 19.4 Å². The summed E-state index contributed by atoms with van der Waals surface area (Å²) in [5, 5.41) is 7.90. The lowest BCUT2D eigenvalue weighted by molar-refractivity contribution is -0.173. The molecule has 4 aromatic carbocycles. The average molecular weight is 1040 g/mol. The minimum absolute atomic E-state index is 0.0111. The Morgan fingerprint density at radius 1 is 0.634 bits per heavy atom. The van der Waals surface area contributed by atoms with Crippen LogP contribution in [-0.2, 0) is 43.7 Å². The number of sulfone groups is 2. The lowest BCUT2D eigenvalue weighted by Gasteiger charge is -2.33. The summed E-state index contributed by atoms with van der Waals surface area (Å²) >= 11 is 0. The van der Waals surface area contributed by atoms with Crippen LogP contribution in [0.5, 0.6) is 0 Å². The summed E-state index contributed by atoms with van der Waals surface area (Å²) in [7, 11) is -6.48. The maximum absolute atomic E-state index is 14.8. The molecule has 1 N–H and O–H groups in total. The molecule has 0 aliphatic carbocycles. The number of hydrogen-bond donors (Lipinski definition) is 1. The number of aromatic nitrogens is 2. The second kappa shape index (κ2) is 21.6. The van der Waals surface area contributed by atoms with Crippen LogP contribution in [0.4, 0.5) is 56.1 Å². The standard InChI is InChI=1S/C23H23F4N3O5S.C22H20F4N4O4S/c1-15-2-7-19(18(24)12-15)30(22(33)29-8-10-36(34,35)11-9-29)14-16-3-5-17(6-4-16)20(31)13-28-21(32)23(25,26)27;1-14-2-7-18(17(23)12-14)30(21(31)29-8-10-35(32,33)11-9-29)13-15-3-5-16(6-4-15)19-27-28-20(34-19)22(24,25)26/h2-7,12H,8-11,13-14H2,1H3,(H,28,32);2-7,12H,8-11,13H2,1H3. The number of halogens is 8. The first-order valence-electron chi connectivity index (χ1n) is 21.2. The highest BCUT2D eigenvalue weighted by Crippen LogP contribution is 2.31. The first kappa shape index (κ1) is 53.4. The van der Waals surface area contributed by atoms with Crippen molar-refractivity contribution >= 4 is 54.8 Å². The Balaban J connectivity index is 0.000000232. The van der Waals surface area contributed by atoms with E-state index in [4.69, 9.17) is 0 Å². The third kappa shape index (κ3) is 14.1. The fraction of sp³-hybridized carbons (Fsp3) is 0.333. The Morgan fingerprint density at radius 3 is 1.44 bits per heavy atom. The number of anilines is 2. The van der Waals surface area contributed by atoms with Crippen molar-refractivity contribution in [3.8, 4) is 11.5 Å². The van der Waals surface area contributed by atoms with Gasteiger partial charge in [0, 0.05) is 37.3 Å². The second-order valence-electron chi connectivity index (χ2n) is 16.3. The van der Waals surface area contributed by atoms with E-state index < -0.39 is 79.8 Å². The summed E-state index contributed by atoms with van der Waals surface area (Å²) in [4.78, 5) is 54.6. The number of nitrogens with zero attached hydrogens (tertiary/aromatic N) is 6. The molecule has 2 saturated heterocycles. The van der Waals surface area contributed by atoms with E-state index in [0.717, 1.165) is 4.90 Å². The van der Waals surface area contributed by atoms with Gasteiger partial charge in [0.15, 0.2) is 25.5 Å². The van der Waals surface area contributed by atoms with Crippen molar-refractivity contribution in [3.63, 3.8) is 0 Å². The zero-order valence-electron chi connectivity index (χ0n) is 37.6. The lowest BCUT2D eigenvalue weighted by Crippen LogP contribution is -2.50. The predicted molar refractivity (Wildman–Crippen MR) is 240 cm³/mol. The average Bonchev–Trinajstić information content (AvgIpc) is 3.81. The lowest BCUT2D eigenvalue weighted by atomic mass is 10.1. The maximum atomic E-state index is 14.8. The van der Waals surface area contributed by atoms with Gasteiger partial charge in [0.25, 0.3) is 0 Å². The Bertz CT molecular complexity index is 2980. The molecular weight excluding hydrogens is 999 g/mol. The minimum Gasteiger partial charge on any atom is -0.413 e. The Hall–Kier alpha value is -6.96. The van der Waals surface area contributed by atoms with Gasteiger partial charge >= 0.3 is 36.2 Å². The van der Waals surface area contributed by atoms with E-state index in [1.165, 1.54) is 80.7 Å². The number of hydrogen-bond acceptors (Lipinski definition) is 11. The van der Waals surface area contributed by atoms with Crippen molar-refractivity contribution in [1.29, 1.82) is 0 Å². The number of aryl methyl sites for hydroxylation is 2. The third-order valence-corrected chi connectivity index (χ3v) is 14.2. The Labute approximate surface area is 401 Å². The van der Waals surface area contributed by atoms with Crippen LogP contribution in [-0.4, -0.2) is 122 Å². The maximum Gasteiger partial charge on any atom is 0.471 e. The molecule has 71 heavy (non-hydrogen) atoms. The van der Waals surface area contributed by atoms with Crippen molar-refractivity contribution in [1.82, 2.24) is 25.3 Å². The summed E-state index contributed by atoms with van der Waals surface area (Å²) in [6.45, 7) is 2.24. The number of ketones is 1. The van der Waals surface area contributed by atoms with Crippen LogP contribution in [0.1, 0.15) is 38.5 Å². The molecule has 3 heterocycles. The summed E-state index contributed by atoms with van der Waals surface area (Å²) in [5.41, 5.74) is 2.57. The molecule has 16 nitrogen and oxygen atoms in total. The number of carbonyl (C=O) groups is 4. The number of Topliss-reactive ketones (excluding diaryl/α,β-unsaturated/α-hetero) is 1. The van der Waals surface area contributed by atoms with Gasteiger partial charge in [0.2, 0.25) is 5.89 Å². The normalized spacial score (nSPS) is 15.5. The molecule has 26 heteroatoms. The van der Waals surface area contributed by atoms with Crippen LogP contribution in [0.25, 0.3) is 11.5 Å². The molecule has 2 aliphatic rings. The molecule has 5 aromatic rings. The molecule has 0 atom stereocenters. The molecule has 5 amide bonds. The van der Waals surface area contributed by atoms with Gasteiger partial charge < -0.3 is 19.5 Å². The molecule has 0 unspecified atom stereocenters. The van der Waals surface area contributed by atoms with Crippen LogP contribution < -0.4 is 15.1 Å². The second-order valence-corrected chi connectivity index (χ2v) is 20.9. The fourth-order valence-corrected chi connectivity index (χ4v) is 9.46. The summed E-state index contributed by atoms with van der Waals surface area (Å²) < 4.78 is 156. The van der Waals surface area contributed by atoms with Gasteiger partial charge in [-0.15, -0.1) is 10.2 Å². The van der Waals surface area contributed by atoms with Gasteiger partial charge in [0.05, 0.1) is 54.0 Å². The van der Waals surface area contributed by atoms with Crippen LogP contribution >= 0.6 is 0 Å². The molecule has 1 aromatic heterocycles. The molecular formula is C45H43F8N7O9S2. The van der Waals surface area contributed by atoms with Crippen molar-refractivity contribution in [3.05, 3.63) is 130 Å². The number of alkyl halides is 6. The Morgan fingerprint density at radius 2 is 1.06 bits per heavy atom. The molecule has 2 fully saturated rings. The van der Waals surface area contributed by atoms with Gasteiger partial charge in [-0.1, -0.05) is 48.5 Å². The van der Waals surface area contributed by atoms with Gasteiger partial charge in [0.1, 0.15) is 11.6 Å². The van der Waals surface area contributed by atoms with Gasteiger partial charge in [-0.05, 0) is 72.5 Å². The number of urea groups is 2. The number of rotatable bonds is 10. The number of carbonyl (C=O) groups excluding carboxylic acids is 4. The molecule has 0 radical (unpaired) electrons. The zero-order chi connectivity index (χ0) is 52.1. The molecule has 0 saturated carbocycles. The van der Waals surface area contributed by atoms with E-state index >= 15 is 0 Å². The largest absolute Gasteiger partial charge is 0.471 e. The quantitative estimate of drug-likeness (QED) is 0.113. The number of benzene rings is 4. The first-order chi connectivity index (χ1) is 33.2. The molecule has 2 aliphatic heterocycles. The highest BCUT2D eigenvalue weighted by atomic mass is 32.2. The number of amides is 5. The van der Waals surface area contributed by atoms with Crippen LogP contribution in [0, 0.1) is 25.5 Å². The molecule has 0 bridgehead atoms. The van der Waals surface area contributed by atoms with Crippen LogP contribution in [0.3, 0.4) is 0 Å². The van der Waals surface area contributed by atoms with Crippen LogP contribution in [0.2, 0.25) is 0 Å². The van der Waals surface area contributed by atoms with Crippen molar-refractivity contribution in [2.45, 2.75) is 39.3 Å². The monoisotopic (exact) mass is 1040 g/mol. The van der Waals surface area contributed by atoms with Gasteiger partial charge in [-0.25, -0.2) is 35.2 Å². The molecule has 380 valence electrons. The van der Waals surface area contributed by atoms with Crippen molar-refractivity contribution in [2.75, 3.05) is 65.5 Å². The van der Waals surface area contributed by atoms with E-state index in [1.807, 2.05) is 0 Å². The SMILES string of the molecule is Cc1ccc(N(Cc2ccc(-c3nnc(C(F)(F)F)o3)cc2)C(=O)N2CCS(=O)(=O)CC2)c(F)c1.Cc1ccc(N(Cc2ccc(C(=O)CNC(=O)C(F)(F)F)cc2)C(=O)N2CCS(=O)(=O)CC2)c(F)c1. The zero-order valence-corrected chi connectivity index (χ0v) is 39.2.